The van der Waals surface area contributed by atoms with Gasteiger partial charge in [-0.25, -0.2) is 0 Å². The van der Waals surface area contributed by atoms with Gasteiger partial charge in [0, 0.05) is 0 Å². The third kappa shape index (κ3) is 11.5. The van der Waals surface area contributed by atoms with Crippen LogP contribution < -0.4 is 0 Å². The SMILES string of the molecule is CC(C)c1cccc(C(C)C)c1-n1ccn(-c2c(C(C)C)cccc2C(C)C)[c]1=[Ni][Cl].CC(C)c1cccc(C(C)C)c1-n1ccn(-c2c(C(C)C)cccc2C(C)C)[c]1=[Ni][Cl].O.O. The van der Waals surface area contributed by atoms with Gasteiger partial charge in [0.1, 0.15) is 0 Å². The molecule has 358 valence electrons. The summed E-state index contributed by atoms with van der Waals surface area (Å²) < 4.78 is 11.3. The summed E-state index contributed by atoms with van der Waals surface area (Å²) in [6, 6.07) is 26.8. The molecule has 0 aliphatic carbocycles. The van der Waals surface area contributed by atoms with Gasteiger partial charge in [-0.3, -0.25) is 0 Å². The maximum Gasteiger partial charge on any atom is -0.412 e. The number of imidazole rings is 2. The molecule has 4 aromatic carbocycles. The number of aromatic nitrogens is 4. The van der Waals surface area contributed by atoms with Gasteiger partial charge in [0.15, 0.2) is 0 Å². The Kier molecular flexibility index (Phi) is 20.7. The Morgan fingerprint density at radius 2 is 0.438 bits per heavy atom. The Morgan fingerprint density at radius 3 is 0.547 bits per heavy atom. The van der Waals surface area contributed by atoms with Crippen LogP contribution >= 0.6 is 20.4 Å². The van der Waals surface area contributed by atoms with Crippen LogP contribution in [-0.4, -0.2) is 29.2 Å². The van der Waals surface area contributed by atoms with Gasteiger partial charge >= 0.3 is 397 Å². The van der Waals surface area contributed by atoms with E-state index in [4.69, 9.17) is 20.4 Å². The van der Waals surface area contributed by atoms with Crippen molar-refractivity contribution in [3.05, 3.63) is 151 Å². The summed E-state index contributed by atoms with van der Waals surface area (Å²) in [4.78, 5) is 0. The molecule has 2 heterocycles. The van der Waals surface area contributed by atoms with Crippen molar-refractivity contribution in [3.63, 3.8) is 0 Å². The smallest absolute Gasteiger partial charge is 0.412 e. The standard InChI is InChI=1S/2C27H36N2.2ClH.2Ni.2H2O/c2*1-18(2)22-11-9-12-23(19(3)4)26(22)28-15-16-29(17-28)27-24(20(5)6)13-10-14-25(27)21(7)8;;;;;;/h2*9-16,18-21H,1-8H3;2*1H;;;2*1H2/q;;;;2*+1;;/p-2. The maximum absolute atomic E-state index is 6.60. The predicted molar refractivity (Wildman–Crippen MR) is 268 cm³/mol. The number of halogens is 2. The second-order valence-corrected chi connectivity index (χ2v) is 21.3. The van der Waals surface area contributed by atoms with Gasteiger partial charge in [-0.05, 0) is 0 Å². The first-order valence-corrected chi connectivity index (χ1v) is 26.3. The largest absolute Gasteiger partial charge is 0.412 e. The molecule has 6 aromatic rings. The van der Waals surface area contributed by atoms with Crippen LogP contribution in [-0.2, 0) is 26.2 Å². The number of hydrogen-bond donors (Lipinski definition) is 0. The van der Waals surface area contributed by atoms with Gasteiger partial charge in [-0.2, -0.15) is 0 Å². The molecule has 2 aromatic heterocycles. The summed E-state index contributed by atoms with van der Waals surface area (Å²) in [5, 5.41) is 0. The molecule has 0 aliphatic rings. The van der Waals surface area contributed by atoms with Crippen LogP contribution in [0.1, 0.15) is 203 Å². The van der Waals surface area contributed by atoms with Crippen LogP contribution in [0.2, 0.25) is 0 Å². The second kappa shape index (κ2) is 24.0. The van der Waals surface area contributed by atoms with Crippen LogP contribution in [0.3, 0.4) is 0 Å². The first-order valence-electron chi connectivity index (χ1n) is 22.6. The molecule has 0 aliphatic heterocycles. The van der Waals surface area contributed by atoms with Gasteiger partial charge in [0.2, 0.25) is 0 Å². The summed E-state index contributed by atoms with van der Waals surface area (Å²) in [5.74, 6) is 3.40. The first-order chi connectivity index (χ1) is 29.4. The number of rotatable bonds is 12. The molecule has 0 amide bonds. The van der Waals surface area contributed by atoms with Crippen molar-refractivity contribution in [2.24, 2.45) is 0 Å². The summed E-state index contributed by atoms with van der Waals surface area (Å²) in [5.41, 5.74) is 15.9. The summed E-state index contributed by atoms with van der Waals surface area (Å²) in [6.07, 6.45) is 8.74. The molecule has 0 radical (unpaired) electrons. The second-order valence-electron chi connectivity index (χ2n) is 19.1. The number of nitrogens with zero attached hydrogens (tertiary/aromatic N) is 4. The summed E-state index contributed by atoms with van der Waals surface area (Å²) in [6.45, 7) is 36.2. The minimum atomic E-state index is 0. The van der Waals surface area contributed by atoms with Crippen LogP contribution in [0, 0.1) is 8.79 Å². The molecular weight excluding hydrogens is 925 g/mol. The Bertz CT molecular complexity index is 2150. The third-order valence-corrected chi connectivity index (χ3v) is 14.1. The molecular formula is C54H76Cl2N4Ni2O2. The summed E-state index contributed by atoms with van der Waals surface area (Å²) in [7, 11) is 13.2. The maximum atomic E-state index is 6.60. The number of para-hydroxylation sites is 4. The topological polar surface area (TPSA) is 82.7 Å². The molecule has 0 spiro atoms. The molecule has 0 bridgehead atoms. The first kappa shape index (κ1) is 55.1. The Balaban J connectivity index is 0.000000330. The Hall–Kier alpha value is -3.21. The number of benzene rings is 4. The molecule has 4 N–H and O–H groups in total. The fraction of sp³-hybridized carbons (Fsp3) is 0.444. The van der Waals surface area contributed by atoms with E-state index in [2.05, 4.69) is 227 Å². The van der Waals surface area contributed by atoms with Crippen LogP contribution in [0.15, 0.2) is 97.6 Å². The van der Waals surface area contributed by atoms with E-state index in [1.807, 2.05) is 0 Å². The minimum absolute atomic E-state index is 0. The zero-order valence-corrected chi connectivity index (χ0v) is 44.5. The van der Waals surface area contributed by atoms with Gasteiger partial charge in [0.05, 0.1) is 0 Å². The van der Waals surface area contributed by atoms with Gasteiger partial charge in [-0.1, -0.05) is 0 Å². The van der Waals surface area contributed by atoms with Crippen molar-refractivity contribution in [3.8, 4) is 22.7 Å². The third-order valence-electron chi connectivity index (χ3n) is 11.9. The van der Waals surface area contributed by atoms with Crippen LogP contribution in [0.4, 0.5) is 0 Å². The molecule has 6 rings (SSSR count). The average Bonchev–Trinajstić information content (AvgIpc) is 3.86. The van der Waals surface area contributed by atoms with Crippen LogP contribution in [0.25, 0.3) is 22.7 Å². The minimum Gasteiger partial charge on any atom is -0.412 e. The van der Waals surface area contributed by atoms with Crippen LogP contribution in [0.5, 0.6) is 0 Å². The van der Waals surface area contributed by atoms with Gasteiger partial charge < -0.3 is 11.0 Å². The van der Waals surface area contributed by atoms with E-state index in [1.165, 1.54) is 67.3 Å². The average molecular weight is 1000 g/mol. The molecule has 0 saturated carbocycles. The molecule has 0 fully saturated rings. The van der Waals surface area contributed by atoms with E-state index in [-0.39, 0.29) is 11.0 Å². The zero-order chi connectivity index (χ0) is 45.7. The van der Waals surface area contributed by atoms with Crippen molar-refractivity contribution >= 4 is 20.4 Å². The fourth-order valence-corrected chi connectivity index (χ4v) is 10.7. The Labute approximate surface area is 404 Å². The monoisotopic (exact) mass is 998 g/mol. The predicted octanol–water partition coefficient (Wildman–Crippen LogP) is 15.4. The van der Waals surface area contributed by atoms with Gasteiger partial charge in [0.25, 0.3) is 0 Å². The zero-order valence-electron chi connectivity index (χ0n) is 41.0. The molecule has 0 unspecified atom stereocenters. The molecule has 64 heavy (non-hydrogen) atoms. The molecule has 0 atom stereocenters. The van der Waals surface area contributed by atoms with E-state index < -0.39 is 0 Å². The fourth-order valence-electron chi connectivity index (χ4n) is 8.64. The quantitative estimate of drug-likeness (QED) is 0.109. The summed E-state index contributed by atoms with van der Waals surface area (Å²) >= 11 is 2.17. The number of hydrogen-bond acceptors (Lipinski definition) is 0. The van der Waals surface area contributed by atoms with Crippen molar-refractivity contribution in [2.75, 3.05) is 0 Å². The van der Waals surface area contributed by atoms with E-state index in [0.717, 1.165) is 35.0 Å². The van der Waals surface area contributed by atoms with E-state index in [0.29, 0.717) is 47.3 Å². The van der Waals surface area contributed by atoms with E-state index in [1.54, 1.807) is 0 Å². The van der Waals surface area contributed by atoms with Crippen molar-refractivity contribution in [1.82, 2.24) is 18.3 Å². The van der Waals surface area contributed by atoms with E-state index >= 15 is 0 Å². The molecule has 0 saturated heterocycles. The normalized spacial score (nSPS) is 11.8. The van der Waals surface area contributed by atoms with E-state index in [9.17, 15) is 0 Å². The van der Waals surface area contributed by atoms with Crippen molar-refractivity contribution in [2.45, 2.75) is 158 Å². The van der Waals surface area contributed by atoms with Crippen molar-refractivity contribution < 1.29 is 37.2 Å². The van der Waals surface area contributed by atoms with Crippen molar-refractivity contribution in [1.29, 1.82) is 0 Å². The molecule has 6 nitrogen and oxygen atoms in total. The Morgan fingerprint density at radius 1 is 0.297 bits per heavy atom. The molecule has 10 heteroatoms. The van der Waals surface area contributed by atoms with Gasteiger partial charge in [-0.15, -0.1) is 0 Å².